The van der Waals surface area contributed by atoms with Crippen LogP contribution in [0.5, 0.6) is 0 Å². The van der Waals surface area contributed by atoms with Gasteiger partial charge in [-0.15, -0.1) is 17.8 Å². The Hall–Kier alpha value is -4.41. The van der Waals surface area contributed by atoms with E-state index in [1.807, 2.05) is 30.3 Å². The van der Waals surface area contributed by atoms with Crippen LogP contribution in [0.2, 0.25) is 0 Å². The molecule has 1 saturated carbocycles. The molecule has 2 aromatic heterocycles. The van der Waals surface area contributed by atoms with Gasteiger partial charge in [-0.2, -0.15) is 5.26 Å². The number of primary amides is 1. The number of urea groups is 1. The fourth-order valence-corrected chi connectivity index (χ4v) is 4.12. The first kappa shape index (κ1) is 22.8. The monoisotopic (exact) mass is 472 g/mol. The van der Waals surface area contributed by atoms with E-state index in [0.717, 1.165) is 29.5 Å². The Labute approximate surface area is 200 Å². The Morgan fingerprint density at radius 1 is 1.29 bits per heavy atom. The number of amides is 3. The summed E-state index contributed by atoms with van der Waals surface area (Å²) in [4.78, 5) is 32.2. The van der Waals surface area contributed by atoms with Gasteiger partial charge in [0.25, 0.3) is 0 Å². The first-order chi connectivity index (χ1) is 16.4. The standard InChI is InChI=1S/C24H20N6O3S/c1-2-21-29-20(13-34-21)30-23(32)28-19(12-33-22(26)31)18-8-7-15(11-27-18)16-5-3-4-6-17(16)24(14-25)9-10-24/h1,3-8,11,13,19H,9-10,12H2,(H2,26,31)(H2,28,30,32)/t19-/m1/s1. The number of carbonyl (C=O) groups excluding carboxylic acids is 2. The molecule has 1 aromatic carbocycles. The van der Waals surface area contributed by atoms with Crippen LogP contribution >= 0.6 is 11.3 Å². The molecule has 170 valence electrons. The molecule has 3 aromatic rings. The van der Waals surface area contributed by atoms with E-state index in [2.05, 4.69) is 32.6 Å². The third kappa shape index (κ3) is 4.98. The van der Waals surface area contributed by atoms with E-state index in [4.69, 9.17) is 16.9 Å². The molecular formula is C24H20N6O3S. The number of rotatable bonds is 7. The molecule has 0 radical (unpaired) electrons. The van der Waals surface area contributed by atoms with Gasteiger partial charge in [-0.3, -0.25) is 10.3 Å². The first-order valence-electron chi connectivity index (χ1n) is 10.3. The second-order valence-electron chi connectivity index (χ2n) is 7.67. The molecule has 2 heterocycles. The number of aromatic nitrogens is 2. The van der Waals surface area contributed by atoms with Gasteiger partial charge in [0.15, 0.2) is 5.01 Å². The average molecular weight is 473 g/mol. The van der Waals surface area contributed by atoms with Gasteiger partial charge in [0.2, 0.25) is 0 Å². The van der Waals surface area contributed by atoms with Crippen LogP contribution in [0.1, 0.15) is 35.1 Å². The molecule has 0 unspecified atom stereocenters. The molecule has 0 spiro atoms. The largest absolute Gasteiger partial charge is 0.447 e. The highest BCUT2D eigenvalue weighted by Crippen LogP contribution is 2.50. The maximum atomic E-state index is 12.5. The predicted molar refractivity (Wildman–Crippen MR) is 127 cm³/mol. The van der Waals surface area contributed by atoms with Crippen molar-refractivity contribution in [3.63, 3.8) is 0 Å². The smallest absolute Gasteiger partial charge is 0.404 e. The number of pyridine rings is 1. The maximum Gasteiger partial charge on any atom is 0.404 e. The van der Waals surface area contributed by atoms with Gasteiger partial charge < -0.3 is 15.8 Å². The van der Waals surface area contributed by atoms with E-state index in [0.29, 0.717) is 16.5 Å². The number of nitriles is 1. The molecule has 0 bridgehead atoms. The number of anilines is 1. The summed E-state index contributed by atoms with van der Waals surface area (Å²) < 4.78 is 4.91. The summed E-state index contributed by atoms with van der Waals surface area (Å²) in [5.41, 5.74) is 7.87. The molecule has 1 aliphatic carbocycles. The van der Waals surface area contributed by atoms with Gasteiger partial charge in [-0.25, -0.2) is 14.6 Å². The number of nitrogens with zero attached hydrogens (tertiary/aromatic N) is 3. The summed E-state index contributed by atoms with van der Waals surface area (Å²) in [7, 11) is 0. The molecule has 34 heavy (non-hydrogen) atoms. The molecule has 1 aliphatic rings. The summed E-state index contributed by atoms with van der Waals surface area (Å²) in [5, 5.41) is 17.0. The van der Waals surface area contributed by atoms with Gasteiger partial charge in [0, 0.05) is 17.1 Å². The average Bonchev–Trinajstić information content (AvgIpc) is 3.53. The van der Waals surface area contributed by atoms with Crippen molar-refractivity contribution in [1.82, 2.24) is 15.3 Å². The Morgan fingerprint density at radius 3 is 2.71 bits per heavy atom. The van der Waals surface area contributed by atoms with E-state index in [-0.39, 0.29) is 6.61 Å². The van der Waals surface area contributed by atoms with Crippen LogP contribution in [0.3, 0.4) is 0 Å². The molecule has 1 atom stereocenters. The van der Waals surface area contributed by atoms with Gasteiger partial charge in [0.1, 0.15) is 18.5 Å². The van der Waals surface area contributed by atoms with Gasteiger partial charge >= 0.3 is 12.1 Å². The third-order valence-corrected chi connectivity index (χ3v) is 6.20. The number of nitrogens with one attached hydrogen (secondary N) is 2. The van der Waals surface area contributed by atoms with Crippen molar-refractivity contribution in [1.29, 1.82) is 5.26 Å². The fraction of sp³-hybridized carbons (Fsp3) is 0.208. The lowest BCUT2D eigenvalue weighted by atomic mass is 9.89. The Balaban J connectivity index is 1.54. The number of carbonyl (C=O) groups is 2. The van der Waals surface area contributed by atoms with Crippen molar-refractivity contribution in [2.75, 3.05) is 11.9 Å². The Kier molecular flexibility index (Phi) is 6.44. The van der Waals surface area contributed by atoms with Crippen LogP contribution in [0.15, 0.2) is 48.0 Å². The lowest BCUT2D eigenvalue weighted by Crippen LogP contribution is -2.36. The molecule has 4 rings (SSSR count). The summed E-state index contributed by atoms with van der Waals surface area (Å²) in [6.45, 7) is -0.212. The van der Waals surface area contributed by atoms with E-state index < -0.39 is 23.6 Å². The Bertz CT molecular complexity index is 1300. The van der Waals surface area contributed by atoms with Crippen LogP contribution < -0.4 is 16.4 Å². The summed E-state index contributed by atoms with van der Waals surface area (Å²) >= 11 is 1.22. The zero-order chi connectivity index (χ0) is 24.1. The molecule has 9 nitrogen and oxygen atoms in total. The number of hydrogen-bond acceptors (Lipinski definition) is 7. The SMILES string of the molecule is C#Cc1nc(NC(=O)N[C@H](COC(N)=O)c2ccc(-c3ccccc3C3(C#N)CC3)cn2)cs1. The first-order valence-corrected chi connectivity index (χ1v) is 11.2. The molecule has 1 fully saturated rings. The summed E-state index contributed by atoms with van der Waals surface area (Å²) in [6, 6.07) is 12.4. The normalized spacial score (nSPS) is 14.2. The second kappa shape index (κ2) is 9.61. The molecule has 4 N–H and O–H groups in total. The zero-order valence-electron chi connectivity index (χ0n) is 17.9. The van der Waals surface area contributed by atoms with Crippen LogP contribution in [0.4, 0.5) is 15.4 Å². The number of hydrogen-bond donors (Lipinski definition) is 3. The predicted octanol–water partition coefficient (Wildman–Crippen LogP) is 3.70. The number of thiazole rings is 1. The number of ether oxygens (including phenoxy) is 1. The zero-order valence-corrected chi connectivity index (χ0v) is 18.8. The van der Waals surface area contributed by atoms with Crippen LogP contribution in [0.25, 0.3) is 11.1 Å². The lowest BCUT2D eigenvalue weighted by Gasteiger charge is -2.19. The highest BCUT2D eigenvalue weighted by atomic mass is 32.1. The molecule has 3 amide bonds. The summed E-state index contributed by atoms with van der Waals surface area (Å²) in [5.74, 6) is 2.70. The van der Waals surface area contributed by atoms with E-state index in [1.54, 1.807) is 17.6 Å². The van der Waals surface area contributed by atoms with Crippen molar-refractivity contribution >= 4 is 29.3 Å². The third-order valence-electron chi connectivity index (χ3n) is 5.43. The minimum atomic E-state index is -0.970. The number of benzene rings is 1. The Morgan fingerprint density at radius 2 is 2.09 bits per heavy atom. The van der Waals surface area contributed by atoms with Crippen molar-refractivity contribution in [2.45, 2.75) is 24.3 Å². The van der Waals surface area contributed by atoms with Gasteiger partial charge in [-0.1, -0.05) is 30.3 Å². The molecule has 0 aliphatic heterocycles. The fourth-order valence-electron chi connectivity index (χ4n) is 3.56. The highest BCUT2D eigenvalue weighted by Gasteiger charge is 2.46. The van der Waals surface area contributed by atoms with Crippen LogP contribution in [-0.4, -0.2) is 28.7 Å². The molecule has 0 saturated heterocycles. The molecular weight excluding hydrogens is 452 g/mol. The van der Waals surface area contributed by atoms with Crippen molar-refractivity contribution in [2.24, 2.45) is 5.73 Å². The highest BCUT2D eigenvalue weighted by molar-refractivity contribution is 7.10. The maximum absolute atomic E-state index is 12.5. The minimum Gasteiger partial charge on any atom is -0.447 e. The second-order valence-corrected chi connectivity index (χ2v) is 8.53. The van der Waals surface area contributed by atoms with Gasteiger partial charge in [0.05, 0.1) is 17.2 Å². The van der Waals surface area contributed by atoms with E-state index in [1.165, 1.54) is 11.3 Å². The van der Waals surface area contributed by atoms with Crippen molar-refractivity contribution < 1.29 is 14.3 Å². The van der Waals surface area contributed by atoms with E-state index >= 15 is 0 Å². The lowest BCUT2D eigenvalue weighted by molar-refractivity contribution is 0.143. The minimum absolute atomic E-state index is 0.212. The van der Waals surface area contributed by atoms with Crippen molar-refractivity contribution in [3.8, 4) is 29.5 Å². The number of nitrogens with two attached hydrogens (primary N) is 1. The summed E-state index contributed by atoms with van der Waals surface area (Å²) in [6.07, 6.45) is 7.66. The van der Waals surface area contributed by atoms with Crippen LogP contribution in [-0.2, 0) is 10.2 Å². The quantitative estimate of drug-likeness (QED) is 0.448. The van der Waals surface area contributed by atoms with E-state index in [9.17, 15) is 14.9 Å². The van der Waals surface area contributed by atoms with Crippen molar-refractivity contribution in [3.05, 3.63) is 64.2 Å². The van der Waals surface area contributed by atoms with Crippen LogP contribution in [0, 0.1) is 23.7 Å². The van der Waals surface area contributed by atoms with Gasteiger partial charge in [-0.05, 0) is 36.0 Å². The topological polar surface area (TPSA) is 143 Å². The molecule has 10 heteroatoms. The number of terminal acetylenes is 1.